The lowest BCUT2D eigenvalue weighted by Gasteiger charge is -2.28. The van der Waals surface area contributed by atoms with Crippen LogP contribution in [0.25, 0.3) is 0 Å². The maximum Gasteiger partial charge on any atom is 0.189 e. The van der Waals surface area contributed by atoms with E-state index in [1.165, 1.54) is 58.0 Å². The minimum absolute atomic E-state index is 0.417. The molecule has 92 valence electrons. The van der Waals surface area contributed by atoms with Crippen LogP contribution in [-0.4, -0.2) is 25.4 Å². The van der Waals surface area contributed by atoms with Crippen LogP contribution >= 0.6 is 0 Å². The zero-order valence-electron chi connectivity index (χ0n) is 10.6. The first-order chi connectivity index (χ1) is 7.75. The standard InChI is InChI=1S/C14H25NO/c1-12-7-9-15(10-8-12)11-14(16)13-5-3-2-4-6-13/h12-13H,2-11H2,1H3/p+1. The van der Waals surface area contributed by atoms with Crippen molar-refractivity contribution >= 4 is 5.78 Å². The van der Waals surface area contributed by atoms with Crippen LogP contribution in [0.4, 0.5) is 0 Å². The predicted octanol–water partition coefficient (Wildman–Crippen LogP) is 1.45. The van der Waals surface area contributed by atoms with E-state index in [1.54, 1.807) is 4.90 Å². The molecule has 0 atom stereocenters. The SMILES string of the molecule is CC1CC[NH+](CC(=O)C2CCCCC2)CC1. The highest BCUT2D eigenvalue weighted by Crippen LogP contribution is 2.23. The van der Waals surface area contributed by atoms with E-state index in [-0.39, 0.29) is 0 Å². The quantitative estimate of drug-likeness (QED) is 0.770. The van der Waals surface area contributed by atoms with Gasteiger partial charge >= 0.3 is 0 Å². The molecule has 1 heterocycles. The molecule has 1 N–H and O–H groups in total. The molecular formula is C14H26NO+. The van der Waals surface area contributed by atoms with E-state index >= 15 is 0 Å². The predicted molar refractivity (Wildman–Crippen MR) is 65.5 cm³/mol. The van der Waals surface area contributed by atoms with E-state index < -0.39 is 0 Å². The largest absolute Gasteiger partial charge is 0.329 e. The van der Waals surface area contributed by atoms with Gasteiger partial charge in [0.15, 0.2) is 5.78 Å². The number of rotatable bonds is 3. The van der Waals surface area contributed by atoms with Crippen molar-refractivity contribution in [2.75, 3.05) is 19.6 Å². The maximum atomic E-state index is 12.1. The summed E-state index contributed by atoms with van der Waals surface area (Å²) in [6.07, 6.45) is 8.87. The summed E-state index contributed by atoms with van der Waals surface area (Å²) >= 11 is 0. The number of Topliss-reactive ketones (excluding diaryl/α,β-unsaturated/α-hetero) is 1. The molecule has 1 saturated carbocycles. The maximum absolute atomic E-state index is 12.1. The van der Waals surface area contributed by atoms with Gasteiger partial charge in [-0.15, -0.1) is 0 Å². The Kier molecular flexibility index (Phi) is 4.39. The molecule has 2 nitrogen and oxygen atoms in total. The summed E-state index contributed by atoms with van der Waals surface area (Å²) in [6.45, 7) is 5.59. The second-order valence-electron chi connectivity index (χ2n) is 5.91. The number of carbonyl (C=O) groups excluding carboxylic acids is 1. The van der Waals surface area contributed by atoms with Crippen LogP contribution in [-0.2, 0) is 4.79 Å². The third-order valence-corrected chi connectivity index (χ3v) is 4.47. The van der Waals surface area contributed by atoms with Crippen LogP contribution in [0.15, 0.2) is 0 Å². The molecule has 1 saturated heterocycles. The second kappa shape index (κ2) is 5.81. The van der Waals surface area contributed by atoms with Crippen molar-refractivity contribution < 1.29 is 9.69 Å². The fourth-order valence-corrected chi connectivity index (χ4v) is 3.16. The Morgan fingerprint density at radius 1 is 1.06 bits per heavy atom. The van der Waals surface area contributed by atoms with Gasteiger partial charge in [0.25, 0.3) is 0 Å². The van der Waals surface area contributed by atoms with Crippen LogP contribution in [0.3, 0.4) is 0 Å². The topological polar surface area (TPSA) is 21.5 Å². The molecule has 0 bridgehead atoms. The molecule has 16 heavy (non-hydrogen) atoms. The molecule has 0 aromatic rings. The molecule has 0 amide bonds. The van der Waals surface area contributed by atoms with Crippen LogP contribution in [0.1, 0.15) is 51.9 Å². The first-order valence-electron chi connectivity index (χ1n) is 7.12. The van der Waals surface area contributed by atoms with Gasteiger partial charge < -0.3 is 4.90 Å². The van der Waals surface area contributed by atoms with Crippen molar-refractivity contribution in [2.24, 2.45) is 11.8 Å². The highest BCUT2D eigenvalue weighted by atomic mass is 16.1. The van der Waals surface area contributed by atoms with Gasteiger partial charge in [0.1, 0.15) is 6.54 Å². The van der Waals surface area contributed by atoms with E-state index in [0.717, 1.165) is 12.5 Å². The fourth-order valence-electron chi connectivity index (χ4n) is 3.16. The Bertz CT molecular complexity index is 225. The van der Waals surface area contributed by atoms with Crippen molar-refractivity contribution in [3.8, 4) is 0 Å². The molecule has 2 aliphatic rings. The number of quaternary nitrogens is 1. The lowest BCUT2D eigenvalue weighted by Crippen LogP contribution is -3.14. The van der Waals surface area contributed by atoms with Gasteiger partial charge in [0.2, 0.25) is 0 Å². The van der Waals surface area contributed by atoms with Crippen molar-refractivity contribution in [1.29, 1.82) is 0 Å². The number of ketones is 1. The third-order valence-electron chi connectivity index (χ3n) is 4.47. The molecule has 0 radical (unpaired) electrons. The molecule has 1 aliphatic carbocycles. The first kappa shape index (κ1) is 12.1. The van der Waals surface area contributed by atoms with E-state index in [1.807, 2.05) is 0 Å². The minimum Gasteiger partial charge on any atom is -0.329 e. The monoisotopic (exact) mass is 224 g/mol. The van der Waals surface area contributed by atoms with Gasteiger partial charge in [-0.2, -0.15) is 0 Å². The molecule has 2 heteroatoms. The van der Waals surface area contributed by atoms with E-state index in [9.17, 15) is 4.79 Å². The summed E-state index contributed by atoms with van der Waals surface area (Å²) in [5.41, 5.74) is 0. The number of likely N-dealkylation sites (tertiary alicyclic amines) is 1. The third kappa shape index (κ3) is 3.31. The van der Waals surface area contributed by atoms with Gasteiger partial charge in [-0.05, 0) is 31.6 Å². The van der Waals surface area contributed by atoms with Crippen LogP contribution in [0.2, 0.25) is 0 Å². The van der Waals surface area contributed by atoms with Crippen molar-refractivity contribution in [3.63, 3.8) is 0 Å². The lowest BCUT2D eigenvalue weighted by atomic mass is 9.86. The summed E-state index contributed by atoms with van der Waals surface area (Å²) in [7, 11) is 0. The number of hydrogen-bond donors (Lipinski definition) is 1. The summed E-state index contributed by atoms with van der Waals surface area (Å²) in [4.78, 5) is 13.7. The Morgan fingerprint density at radius 2 is 1.69 bits per heavy atom. The van der Waals surface area contributed by atoms with Gasteiger partial charge in [0.05, 0.1) is 13.1 Å². The molecule has 1 aliphatic heterocycles. The Morgan fingerprint density at radius 3 is 2.31 bits per heavy atom. The molecule has 2 rings (SSSR count). The van der Waals surface area contributed by atoms with E-state index in [0.29, 0.717) is 11.7 Å². The number of piperidine rings is 1. The number of carbonyl (C=O) groups is 1. The van der Waals surface area contributed by atoms with E-state index in [4.69, 9.17) is 0 Å². The Hall–Kier alpha value is -0.370. The van der Waals surface area contributed by atoms with Crippen LogP contribution in [0, 0.1) is 11.8 Å². The molecular weight excluding hydrogens is 198 g/mol. The highest BCUT2D eigenvalue weighted by Gasteiger charge is 2.26. The second-order valence-corrected chi connectivity index (χ2v) is 5.91. The van der Waals surface area contributed by atoms with E-state index in [2.05, 4.69) is 6.92 Å². The van der Waals surface area contributed by atoms with Gasteiger partial charge in [-0.25, -0.2) is 0 Å². The molecule has 2 fully saturated rings. The van der Waals surface area contributed by atoms with Crippen molar-refractivity contribution in [1.82, 2.24) is 0 Å². The van der Waals surface area contributed by atoms with Crippen LogP contribution < -0.4 is 4.90 Å². The number of nitrogens with one attached hydrogen (secondary N) is 1. The smallest absolute Gasteiger partial charge is 0.189 e. The Balaban J connectivity index is 1.73. The summed E-state index contributed by atoms with van der Waals surface area (Å²) in [5, 5.41) is 0. The van der Waals surface area contributed by atoms with Gasteiger partial charge in [0, 0.05) is 5.92 Å². The van der Waals surface area contributed by atoms with Gasteiger partial charge in [-0.1, -0.05) is 26.2 Å². The average molecular weight is 224 g/mol. The first-order valence-corrected chi connectivity index (χ1v) is 7.12. The summed E-state index contributed by atoms with van der Waals surface area (Å²) in [5.74, 6) is 1.86. The molecule has 0 spiro atoms. The van der Waals surface area contributed by atoms with Crippen LogP contribution in [0.5, 0.6) is 0 Å². The fraction of sp³-hybridized carbons (Fsp3) is 0.929. The summed E-state index contributed by atoms with van der Waals surface area (Å²) < 4.78 is 0. The summed E-state index contributed by atoms with van der Waals surface area (Å²) in [6, 6.07) is 0. The number of hydrogen-bond acceptors (Lipinski definition) is 1. The molecule has 0 aromatic carbocycles. The zero-order chi connectivity index (χ0) is 11.4. The van der Waals surface area contributed by atoms with Crippen molar-refractivity contribution in [2.45, 2.75) is 51.9 Å². The lowest BCUT2D eigenvalue weighted by molar-refractivity contribution is -0.898. The van der Waals surface area contributed by atoms with Gasteiger partial charge in [-0.3, -0.25) is 4.79 Å². The Labute approximate surface area is 99.4 Å². The highest BCUT2D eigenvalue weighted by molar-refractivity contribution is 5.81. The zero-order valence-corrected chi connectivity index (χ0v) is 10.6. The average Bonchev–Trinajstić information content (AvgIpc) is 2.33. The molecule has 0 unspecified atom stereocenters. The minimum atomic E-state index is 0.417. The van der Waals surface area contributed by atoms with Crippen molar-refractivity contribution in [3.05, 3.63) is 0 Å². The molecule has 0 aromatic heterocycles. The normalized spacial score (nSPS) is 32.6.